The van der Waals surface area contributed by atoms with Crippen LogP contribution in [0.2, 0.25) is 5.02 Å². The van der Waals surface area contributed by atoms with E-state index in [9.17, 15) is 0 Å². The van der Waals surface area contributed by atoms with Gasteiger partial charge in [0.15, 0.2) is 0 Å². The minimum Gasteiger partial charge on any atom is -0.316 e. The van der Waals surface area contributed by atoms with E-state index in [1.54, 1.807) is 29.5 Å². The van der Waals surface area contributed by atoms with Crippen molar-refractivity contribution in [1.82, 2.24) is 20.1 Å². The van der Waals surface area contributed by atoms with E-state index < -0.39 is 0 Å². The van der Waals surface area contributed by atoms with Crippen molar-refractivity contribution in [1.29, 1.82) is 0 Å². The highest BCUT2D eigenvalue weighted by molar-refractivity contribution is 6.30. The fraction of sp³-hybridized carbons (Fsp3) is 0.200. The molecule has 0 aliphatic carbocycles. The third-order valence-corrected chi connectivity index (χ3v) is 2.25. The Kier molecular flexibility index (Phi) is 2.99. The monoisotopic (exact) mass is 222 g/mol. The molecule has 0 saturated heterocycles. The van der Waals surface area contributed by atoms with Gasteiger partial charge in [-0.15, -0.1) is 0 Å². The van der Waals surface area contributed by atoms with Gasteiger partial charge in [-0.3, -0.25) is 4.98 Å². The molecule has 5 heteroatoms. The predicted octanol–water partition coefficient (Wildman–Crippen LogP) is 1.64. The summed E-state index contributed by atoms with van der Waals surface area (Å²) < 4.78 is 1.72. The lowest BCUT2D eigenvalue weighted by Crippen LogP contribution is -2.09. The van der Waals surface area contributed by atoms with E-state index in [4.69, 9.17) is 11.6 Å². The third-order valence-electron chi connectivity index (χ3n) is 2.05. The Morgan fingerprint density at radius 3 is 3.00 bits per heavy atom. The Hall–Kier alpha value is -1.39. The number of rotatable bonds is 3. The van der Waals surface area contributed by atoms with E-state index in [0.29, 0.717) is 5.02 Å². The summed E-state index contributed by atoms with van der Waals surface area (Å²) in [6.45, 7) is 0.773. The molecule has 0 aromatic carbocycles. The van der Waals surface area contributed by atoms with Crippen LogP contribution in [0.4, 0.5) is 0 Å². The van der Waals surface area contributed by atoms with Crippen molar-refractivity contribution in [2.45, 2.75) is 6.54 Å². The standard InChI is InChI=1S/C10H11ClN4/c1-12-4-8-2-3-13-6-10(8)15-7-9(11)5-14-15/h2-3,5-7,12H,4H2,1H3. The minimum absolute atomic E-state index is 0.620. The van der Waals surface area contributed by atoms with Crippen molar-refractivity contribution in [2.24, 2.45) is 0 Å². The highest BCUT2D eigenvalue weighted by Crippen LogP contribution is 2.14. The Labute approximate surface area is 92.9 Å². The molecule has 0 aliphatic rings. The van der Waals surface area contributed by atoms with Crippen molar-refractivity contribution in [3.8, 4) is 5.69 Å². The highest BCUT2D eigenvalue weighted by atomic mass is 35.5. The van der Waals surface area contributed by atoms with Gasteiger partial charge >= 0.3 is 0 Å². The molecular formula is C10H11ClN4. The molecule has 0 unspecified atom stereocenters. The maximum Gasteiger partial charge on any atom is 0.0874 e. The van der Waals surface area contributed by atoms with Crippen LogP contribution >= 0.6 is 11.6 Å². The number of halogens is 1. The van der Waals surface area contributed by atoms with Gasteiger partial charge in [-0.1, -0.05) is 11.6 Å². The number of aromatic nitrogens is 3. The SMILES string of the molecule is CNCc1ccncc1-n1cc(Cl)cn1. The number of nitrogens with zero attached hydrogens (tertiary/aromatic N) is 3. The molecule has 1 N–H and O–H groups in total. The maximum absolute atomic E-state index is 5.82. The first-order valence-electron chi connectivity index (χ1n) is 4.59. The highest BCUT2D eigenvalue weighted by Gasteiger charge is 2.04. The van der Waals surface area contributed by atoms with Crippen LogP contribution < -0.4 is 5.32 Å². The normalized spacial score (nSPS) is 10.5. The van der Waals surface area contributed by atoms with E-state index in [1.165, 1.54) is 0 Å². The second-order valence-electron chi connectivity index (χ2n) is 3.14. The second kappa shape index (κ2) is 4.42. The fourth-order valence-electron chi connectivity index (χ4n) is 1.39. The van der Waals surface area contributed by atoms with Crippen molar-refractivity contribution >= 4 is 11.6 Å². The number of hydrogen-bond donors (Lipinski definition) is 1. The molecule has 2 heterocycles. The molecule has 0 fully saturated rings. The molecule has 0 amide bonds. The number of hydrogen-bond acceptors (Lipinski definition) is 3. The summed E-state index contributed by atoms with van der Waals surface area (Å²) in [6.07, 6.45) is 6.91. The molecule has 78 valence electrons. The topological polar surface area (TPSA) is 42.7 Å². The van der Waals surface area contributed by atoms with Crippen molar-refractivity contribution in [3.05, 3.63) is 41.4 Å². The molecule has 0 saturated carbocycles. The predicted molar refractivity (Wildman–Crippen MR) is 59.1 cm³/mol. The summed E-state index contributed by atoms with van der Waals surface area (Å²) in [4.78, 5) is 4.08. The van der Waals surface area contributed by atoms with Crippen LogP contribution in [0, 0.1) is 0 Å². The molecule has 15 heavy (non-hydrogen) atoms. The molecule has 0 aliphatic heterocycles. The van der Waals surface area contributed by atoms with Crippen molar-refractivity contribution in [2.75, 3.05) is 7.05 Å². The fourth-order valence-corrected chi connectivity index (χ4v) is 1.53. The summed E-state index contributed by atoms with van der Waals surface area (Å²) in [6, 6.07) is 1.96. The van der Waals surface area contributed by atoms with Crippen LogP contribution in [0.3, 0.4) is 0 Å². The lowest BCUT2D eigenvalue weighted by atomic mass is 10.2. The molecule has 4 nitrogen and oxygen atoms in total. The first-order chi connectivity index (χ1) is 7.31. The van der Waals surface area contributed by atoms with E-state index in [2.05, 4.69) is 15.4 Å². The van der Waals surface area contributed by atoms with Gasteiger partial charge in [0.05, 0.1) is 23.1 Å². The van der Waals surface area contributed by atoms with E-state index in [1.807, 2.05) is 13.1 Å². The molecule has 0 spiro atoms. The van der Waals surface area contributed by atoms with E-state index in [-0.39, 0.29) is 0 Å². The number of nitrogens with one attached hydrogen (secondary N) is 1. The summed E-state index contributed by atoms with van der Waals surface area (Å²) in [5.74, 6) is 0. The van der Waals surface area contributed by atoms with Gasteiger partial charge in [-0.05, 0) is 18.7 Å². The van der Waals surface area contributed by atoms with Gasteiger partial charge in [0.1, 0.15) is 0 Å². The van der Waals surface area contributed by atoms with E-state index in [0.717, 1.165) is 17.8 Å². The molecule has 0 atom stereocenters. The Morgan fingerprint density at radius 2 is 2.33 bits per heavy atom. The van der Waals surface area contributed by atoms with Crippen LogP contribution in [-0.2, 0) is 6.54 Å². The van der Waals surface area contributed by atoms with Crippen LogP contribution in [0.5, 0.6) is 0 Å². The van der Waals surface area contributed by atoms with Crippen LogP contribution in [-0.4, -0.2) is 21.8 Å². The average Bonchev–Trinajstić information content (AvgIpc) is 2.66. The average molecular weight is 223 g/mol. The molecule has 0 radical (unpaired) electrons. The Morgan fingerprint density at radius 1 is 1.47 bits per heavy atom. The second-order valence-corrected chi connectivity index (χ2v) is 3.57. The molecule has 2 aromatic heterocycles. The Bertz CT molecular complexity index is 452. The first kappa shape index (κ1) is 10.1. The van der Waals surface area contributed by atoms with Crippen molar-refractivity contribution < 1.29 is 0 Å². The summed E-state index contributed by atoms with van der Waals surface area (Å²) >= 11 is 5.82. The number of pyridine rings is 1. The maximum atomic E-state index is 5.82. The van der Waals surface area contributed by atoms with Crippen molar-refractivity contribution in [3.63, 3.8) is 0 Å². The van der Waals surface area contributed by atoms with E-state index >= 15 is 0 Å². The zero-order chi connectivity index (χ0) is 10.7. The first-order valence-corrected chi connectivity index (χ1v) is 4.97. The Balaban J connectivity index is 2.42. The van der Waals surface area contributed by atoms with Crippen LogP contribution in [0.15, 0.2) is 30.9 Å². The van der Waals surface area contributed by atoms with Crippen LogP contribution in [0.25, 0.3) is 5.69 Å². The summed E-state index contributed by atoms with van der Waals surface area (Å²) in [7, 11) is 1.90. The van der Waals surface area contributed by atoms with Gasteiger partial charge in [0, 0.05) is 18.9 Å². The van der Waals surface area contributed by atoms with Gasteiger partial charge in [-0.25, -0.2) is 4.68 Å². The lowest BCUT2D eigenvalue weighted by molar-refractivity contribution is 0.785. The third kappa shape index (κ3) is 2.16. The molecular weight excluding hydrogens is 212 g/mol. The van der Waals surface area contributed by atoms with Gasteiger partial charge in [0.25, 0.3) is 0 Å². The zero-order valence-corrected chi connectivity index (χ0v) is 9.07. The zero-order valence-electron chi connectivity index (χ0n) is 8.31. The molecule has 2 rings (SSSR count). The summed E-state index contributed by atoms with van der Waals surface area (Å²) in [5, 5.41) is 7.86. The lowest BCUT2D eigenvalue weighted by Gasteiger charge is -2.07. The molecule has 2 aromatic rings. The molecule has 0 bridgehead atoms. The quantitative estimate of drug-likeness (QED) is 0.859. The largest absolute Gasteiger partial charge is 0.316 e. The van der Waals surface area contributed by atoms with Gasteiger partial charge in [-0.2, -0.15) is 5.10 Å². The van der Waals surface area contributed by atoms with Crippen LogP contribution in [0.1, 0.15) is 5.56 Å². The summed E-state index contributed by atoms with van der Waals surface area (Å²) in [5.41, 5.74) is 2.08. The van der Waals surface area contributed by atoms with Gasteiger partial charge in [0.2, 0.25) is 0 Å². The minimum atomic E-state index is 0.620. The smallest absolute Gasteiger partial charge is 0.0874 e. The van der Waals surface area contributed by atoms with Gasteiger partial charge < -0.3 is 5.32 Å².